The van der Waals surface area contributed by atoms with Crippen LogP contribution in [0.25, 0.3) is 0 Å². The fourth-order valence-electron chi connectivity index (χ4n) is 3.73. The van der Waals surface area contributed by atoms with Crippen LogP contribution in [0.1, 0.15) is 32.6 Å². The molecule has 0 aromatic carbocycles. The molecule has 1 aromatic heterocycles. The van der Waals surface area contributed by atoms with E-state index in [-0.39, 0.29) is 57.8 Å². The van der Waals surface area contributed by atoms with E-state index in [2.05, 4.69) is 10.2 Å². The second kappa shape index (κ2) is 8.93. The highest BCUT2D eigenvalue weighted by molar-refractivity contribution is 7.99. The van der Waals surface area contributed by atoms with Crippen molar-refractivity contribution in [1.29, 1.82) is 0 Å². The van der Waals surface area contributed by atoms with Gasteiger partial charge in [-0.15, -0.1) is 10.2 Å². The summed E-state index contributed by atoms with van der Waals surface area (Å²) in [6.07, 6.45) is 1.49. The molecular formula is C17H27N3O6S3. The van der Waals surface area contributed by atoms with Gasteiger partial charge in [-0.3, -0.25) is 4.79 Å². The molecule has 164 valence electrons. The zero-order valence-corrected chi connectivity index (χ0v) is 19.1. The van der Waals surface area contributed by atoms with Crippen LogP contribution >= 0.6 is 11.8 Å². The van der Waals surface area contributed by atoms with Crippen molar-refractivity contribution in [2.45, 2.75) is 44.4 Å². The minimum atomic E-state index is -3.08. The maximum Gasteiger partial charge on any atom is 0.277 e. The Kier molecular flexibility index (Phi) is 6.94. The standard InChI is InChI=1S/C17H27N3O6S3/c1-12(2)8-20(14-4-6-29(24,25)11-14)16(21)9-27-17-19-18-15(26-17)7-13-3-5-28(22,23)10-13/h12-14H,3-11H2,1-2H3. The lowest BCUT2D eigenvalue weighted by atomic mass is 10.1. The van der Waals surface area contributed by atoms with Gasteiger partial charge < -0.3 is 9.32 Å². The first-order chi connectivity index (χ1) is 13.5. The summed E-state index contributed by atoms with van der Waals surface area (Å²) in [4.78, 5) is 14.4. The van der Waals surface area contributed by atoms with Gasteiger partial charge in [-0.1, -0.05) is 25.6 Å². The van der Waals surface area contributed by atoms with E-state index in [1.807, 2.05) is 13.8 Å². The van der Waals surface area contributed by atoms with Crippen molar-refractivity contribution >= 4 is 37.3 Å². The summed E-state index contributed by atoms with van der Waals surface area (Å²) in [7, 11) is -6.03. The van der Waals surface area contributed by atoms with Crippen LogP contribution in [-0.4, -0.2) is 79.2 Å². The van der Waals surface area contributed by atoms with Gasteiger partial charge in [0.2, 0.25) is 11.8 Å². The summed E-state index contributed by atoms with van der Waals surface area (Å²) >= 11 is 1.12. The number of aromatic nitrogens is 2. The number of rotatable bonds is 8. The smallest absolute Gasteiger partial charge is 0.277 e. The number of thioether (sulfide) groups is 1. The minimum absolute atomic E-state index is 0.00854. The fraction of sp³-hybridized carbons (Fsp3) is 0.824. The van der Waals surface area contributed by atoms with Crippen LogP contribution in [0.15, 0.2) is 9.64 Å². The third-order valence-corrected chi connectivity index (χ3v) is 9.48. The van der Waals surface area contributed by atoms with E-state index in [1.165, 1.54) is 0 Å². The van der Waals surface area contributed by atoms with Crippen LogP contribution in [-0.2, 0) is 30.9 Å². The Labute approximate surface area is 175 Å². The molecule has 0 spiro atoms. The third-order valence-electron chi connectivity index (χ3n) is 5.09. The van der Waals surface area contributed by atoms with Crippen LogP contribution in [0.5, 0.6) is 0 Å². The van der Waals surface area contributed by atoms with Crippen molar-refractivity contribution in [2.24, 2.45) is 11.8 Å². The van der Waals surface area contributed by atoms with Gasteiger partial charge in [0.05, 0.1) is 28.8 Å². The highest BCUT2D eigenvalue weighted by Gasteiger charge is 2.35. The van der Waals surface area contributed by atoms with Gasteiger partial charge in [0.1, 0.15) is 0 Å². The van der Waals surface area contributed by atoms with Crippen molar-refractivity contribution in [3.63, 3.8) is 0 Å². The lowest BCUT2D eigenvalue weighted by Gasteiger charge is -2.29. The van der Waals surface area contributed by atoms with E-state index < -0.39 is 19.7 Å². The van der Waals surface area contributed by atoms with Crippen LogP contribution < -0.4 is 0 Å². The number of sulfone groups is 2. The normalized spacial score (nSPS) is 25.5. The van der Waals surface area contributed by atoms with Crippen LogP contribution in [0, 0.1) is 11.8 Å². The molecule has 2 aliphatic rings. The summed E-state index contributed by atoms with van der Waals surface area (Å²) < 4.78 is 52.3. The van der Waals surface area contributed by atoms with Gasteiger partial charge in [-0.25, -0.2) is 16.8 Å². The molecule has 1 amide bonds. The number of carbonyl (C=O) groups excluding carboxylic acids is 1. The summed E-state index contributed by atoms with van der Waals surface area (Å²) in [5.74, 6) is 1.02. The Morgan fingerprint density at radius 3 is 2.41 bits per heavy atom. The maximum absolute atomic E-state index is 12.8. The number of hydrogen-bond acceptors (Lipinski definition) is 9. The molecule has 9 nitrogen and oxygen atoms in total. The summed E-state index contributed by atoms with van der Waals surface area (Å²) in [6.45, 7) is 4.49. The monoisotopic (exact) mass is 465 g/mol. The Morgan fingerprint density at radius 1 is 1.14 bits per heavy atom. The Hall–Kier alpha value is -1.14. The van der Waals surface area contributed by atoms with E-state index in [1.54, 1.807) is 4.90 Å². The van der Waals surface area contributed by atoms with E-state index in [4.69, 9.17) is 4.42 Å². The molecule has 2 saturated heterocycles. The lowest BCUT2D eigenvalue weighted by Crippen LogP contribution is -2.44. The molecule has 29 heavy (non-hydrogen) atoms. The van der Waals surface area contributed by atoms with E-state index in [0.29, 0.717) is 31.7 Å². The first-order valence-corrected chi connectivity index (χ1v) is 14.3. The summed E-state index contributed by atoms with van der Waals surface area (Å²) in [6, 6.07) is -0.280. The Bertz CT molecular complexity index is 941. The van der Waals surface area contributed by atoms with Crippen molar-refractivity contribution in [1.82, 2.24) is 15.1 Å². The zero-order valence-electron chi connectivity index (χ0n) is 16.6. The van der Waals surface area contributed by atoms with Gasteiger partial charge in [-0.05, 0) is 24.7 Å². The van der Waals surface area contributed by atoms with Gasteiger partial charge in [-0.2, -0.15) is 0 Å². The molecule has 0 saturated carbocycles. The molecule has 2 atom stereocenters. The largest absolute Gasteiger partial charge is 0.416 e. The number of amides is 1. The molecule has 0 radical (unpaired) electrons. The van der Waals surface area contributed by atoms with Crippen LogP contribution in [0.3, 0.4) is 0 Å². The highest BCUT2D eigenvalue weighted by Crippen LogP contribution is 2.25. The quantitative estimate of drug-likeness (QED) is 0.512. The Balaban J connectivity index is 1.55. The molecule has 2 unspecified atom stereocenters. The molecular weight excluding hydrogens is 438 g/mol. The topological polar surface area (TPSA) is 128 Å². The molecule has 0 bridgehead atoms. The highest BCUT2D eigenvalue weighted by atomic mass is 32.2. The SMILES string of the molecule is CC(C)CN(C(=O)CSc1nnc(CC2CCS(=O)(=O)C2)o1)C1CCS(=O)(=O)C1. The van der Waals surface area contributed by atoms with Crippen LogP contribution in [0.2, 0.25) is 0 Å². The molecule has 3 heterocycles. The second-order valence-corrected chi connectivity index (χ2v) is 13.6. The summed E-state index contributed by atoms with van der Waals surface area (Å²) in [5, 5.41) is 8.16. The Morgan fingerprint density at radius 2 is 1.83 bits per heavy atom. The maximum atomic E-state index is 12.8. The van der Waals surface area contributed by atoms with Crippen molar-refractivity contribution in [2.75, 3.05) is 35.3 Å². The number of nitrogens with zero attached hydrogens (tertiary/aromatic N) is 3. The van der Waals surface area contributed by atoms with Crippen molar-refractivity contribution in [3.8, 4) is 0 Å². The lowest BCUT2D eigenvalue weighted by molar-refractivity contribution is -0.130. The van der Waals surface area contributed by atoms with E-state index in [0.717, 1.165) is 11.8 Å². The van der Waals surface area contributed by atoms with Gasteiger partial charge >= 0.3 is 0 Å². The van der Waals surface area contributed by atoms with Gasteiger partial charge in [0, 0.05) is 19.0 Å². The molecule has 0 N–H and O–H groups in total. The number of hydrogen-bond donors (Lipinski definition) is 0. The van der Waals surface area contributed by atoms with Crippen molar-refractivity contribution in [3.05, 3.63) is 5.89 Å². The molecule has 0 aliphatic carbocycles. The second-order valence-electron chi connectivity index (χ2n) is 8.22. The molecule has 2 aliphatic heterocycles. The average molecular weight is 466 g/mol. The first-order valence-electron chi connectivity index (χ1n) is 9.68. The third kappa shape index (κ3) is 6.42. The van der Waals surface area contributed by atoms with E-state index in [9.17, 15) is 21.6 Å². The molecule has 3 rings (SSSR count). The predicted molar refractivity (Wildman–Crippen MR) is 109 cm³/mol. The molecule has 12 heteroatoms. The molecule has 2 fully saturated rings. The molecule has 1 aromatic rings. The minimum Gasteiger partial charge on any atom is -0.416 e. The fourth-order valence-corrected chi connectivity index (χ4v) is 7.99. The van der Waals surface area contributed by atoms with Gasteiger partial charge in [0.25, 0.3) is 5.22 Å². The van der Waals surface area contributed by atoms with E-state index >= 15 is 0 Å². The first kappa shape index (κ1) is 22.5. The summed E-state index contributed by atoms with van der Waals surface area (Å²) in [5.41, 5.74) is 0. The van der Waals surface area contributed by atoms with Crippen LogP contribution in [0.4, 0.5) is 0 Å². The van der Waals surface area contributed by atoms with Gasteiger partial charge in [0.15, 0.2) is 19.7 Å². The predicted octanol–water partition coefficient (Wildman–Crippen LogP) is 0.811. The number of carbonyl (C=O) groups is 1. The zero-order chi connectivity index (χ0) is 21.2. The van der Waals surface area contributed by atoms with Crippen molar-refractivity contribution < 1.29 is 26.0 Å². The average Bonchev–Trinajstić information content (AvgIpc) is 3.29.